The van der Waals surface area contributed by atoms with Crippen LogP contribution in [0.4, 0.5) is 0 Å². The van der Waals surface area contributed by atoms with Crippen molar-refractivity contribution < 1.29 is 30.0 Å². The maximum Gasteiger partial charge on any atom is 0.300 e. The quantitative estimate of drug-likeness (QED) is 0.335. The Morgan fingerprint density at radius 3 is 1.23 bits per heavy atom. The van der Waals surface area contributed by atoms with Crippen LogP contribution in [0.5, 0.6) is 0 Å². The lowest BCUT2D eigenvalue weighted by Crippen LogP contribution is -1.95. The first-order chi connectivity index (χ1) is 5.73. The molecule has 0 aromatic rings. The standard InChI is InChI=1S/C3H6O2.2C2H4O2/c1-2-3(4)5;2*1-2(3)4/h2-5H,1H2;2*1H3,(H,3,4). The third-order valence-electron chi connectivity index (χ3n) is 0.211. The smallest absolute Gasteiger partial charge is 0.300 e. The van der Waals surface area contributed by atoms with E-state index in [0.717, 1.165) is 19.9 Å². The van der Waals surface area contributed by atoms with Crippen molar-refractivity contribution in [2.75, 3.05) is 0 Å². The minimum Gasteiger partial charge on any atom is -0.481 e. The van der Waals surface area contributed by atoms with Crippen molar-refractivity contribution in [3.8, 4) is 0 Å². The van der Waals surface area contributed by atoms with Gasteiger partial charge in [0.15, 0.2) is 6.29 Å². The Bertz CT molecular complexity index is 131. The molecule has 0 unspecified atom stereocenters. The van der Waals surface area contributed by atoms with E-state index < -0.39 is 18.2 Å². The van der Waals surface area contributed by atoms with Gasteiger partial charge in [0, 0.05) is 13.8 Å². The summed E-state index contributed by atoms with van der Waals surface area (Å²) < 4.78 is 0. The fourth-order valence-corrected chi connectivity index (χ4v) is 0. The fourth-order valence-electron chi connectivity index (χ4n) is 0. The van der Waals surface area contributed by atoms with Gasteiger partial charge in [-0.25, -0.2) is 0 Å². The Morgan fingerprint density at radius 1 is 1.15 bits per heavy atom. The molecule has 0 aliphatic carbocycles. The van der Waals surface area contributed by atoms with E-state index in [1.807, 2.05) is 0 Å². The van der Waals surface area contributed by atoms with Gasteiger partial charge in [0.2, 0.25) is 0 Å². The lowest BCUT2D eigenvalue weighted by atomic mass is 10.6. The largest absolute Gasteiger partial charge is 0.481 e. The summed E-state index contributed by atoms with van der Waals surface area (Å²) in [6.45, 7) is 5.23. The fraction of sp³-hybridized carbons (Fsp3) is 0.429. The summed E-state index contributed by atoms with van der Waals surface area (Å²) in [6, 6.07) is 0. The first-order valence-electron chi connectivity index (χ1n) is 3.11. The van der Waals surface area contributed by atoms with E-state index >= 15 is 0 Å². The number of aliphatic carboxylic acids is 2. The number of aliphatic hydroxyl groups excluding tert-OH is 1. The highest BCUT2D eigenvalue weighted by atomic mass is 16.5. The van der Waals surface area contributed by atoms with Crippen molar-refractivity contribution in [1.82, 2.24) is 0 Å². The molecule has 78 valence electrons. The normalized spacial score (nSPS) is 7.15. The second kappa shape index (κ2) is 13.2. The number of hydrogen-bond acceptors (Lipinski definition) is 4. The van der Waals surface area contributed by atoms with E-state index in [-0.39, 0.29) is 0 Å². The van der Waals surface area contributed by atoms with Gasteiger partial charge in [-0.2, -0.15) is 0 Å². The van der Waals surface area contributed by atoms with E-state index in [0.29, 0.717) is 0 Å². The molecule has 0 rings (SSSR count). The van der Waals surface area contributed by atoms with Crippen LogP contribution in [0.1, 0.15) is 13.8 Å². The van der Waals surface area contributed by atoms with Crippen molar-refractivity contribution in [3.05, 3.63) is 12.7 Å². The van der Waals surface area contributed by atoms with Crippen LogP contribution in [0, 0.1) is 0 Å². The Morgan fingerprint density at radius 2 is 1.23 bits per heavy atom. The van der Waals surface area contributed by atoms with Gasteiger partial charge in [0.25, 0.3) is 11.9 Å². The molecule has 0 saturated heterocycles. The molecule has 0 aromatic heterocycles. The van der Waals surface area contributed by atoms with Crippen LogP contribution in [0.3, 0.4) is 0 Å². The average Bonchev–Trinajstić information content (AvgIpc) is 1.84. The highest BCUT2D eigenvalue weighted by Crippen LogP contribution is 1.67. The van der Waals surface area contributed by atoms with Gasteiger partial charge in [-0.15, -0.1) is 0 Å². The van der Waals surface area contributed by atoms with Crippen molar-refractivity contribution >= 4 is 11.9 Å². The molecule has 0 radical (unpaired) electrons. The number of carboxylic acids is 2. The van der Waals surface area contributed by atoms with Crippen LogP contribution in [0.15, 0.2) is 12.7 Å². The summed E-state index contributed by atoms with van der Waals surface area (Å²) in [4.78, 5) is 18.0. The van der Waals surface area contributed by atoms with Crippen LogP contribution in [-0.2, 0) is 9.59 Å². The highest BCUT2D eigenvalue weighted by molar-refractivity contribution is 5.63. The number of carbonyl (C=O) groups is 2. The molecular weight excluding hydrogens is 180 g/mol. The van der Waals surface area contributed by atoms with Crippen LogP contribution in [0.2, 0.25) is 0 Å². The molecule has 0 bridgehead atoms. The summed E-state index contributed by atoms with van der Waals surface area (Å²) in [6.07, 6.45) is -0.324. The number of aliphatic hydroxyl groups is 2. The molecule has 0 aromatic carbocycles. The van der Waals surface area contributed by atoms with E-state index in [1.54, 1.807) is 0 Å². The third kappa shape index (κ3) is 2180. The first-order valence-corrected chi connectivity index (χ1v) is 3.11. The van der Waals surface area contributed by atoms with Gasteiger partial charge < -0.3 is 20.4 Å². The SMILES string of the molecule is C=CC(O)O.CC(=O)O.CC(=O)O. The molecule has 0 aliphatic heterocycles. The number of rotatable bonds is 1. The monoisotopic (exact) mass is 194 g/mol. The summed E-state index contributed by atoms with van der Waals surface area (Å²) in [5, 5.41) is 30.4. The number of carboxylic acid groups (broad SMARTS) is 2. The Kier molecular flexibility index (Phi) is 17.9. The molecule has 6 heteroatoms. The van der Waals surface area contributed by atoms with E-state index in [2.05, 4.69) is 6.58 Å². The molecule has 0 spiro atoms. The van der Waals surface area contributed by atoms with Gasteiger partial charge in [0.1, 0.15) is 0 Å². The lowest BCUT2D eigenvalue weighted by molar-refractivity contribution is -0.135. The predicted octanol–water partition coefficient (Wildman–Crippen LogP) is -0.335. The third-order valence-corrected chi connectivity index (χ3v) is 0.211. The Hall–Kier alpha value is -1.40. The zero-order chi connectivity index (χ0) is 11.4. The second-order valence-corrected chi connectivity index (χ2v) is 1.69. The minimum absolute atomic E-state index is 0.833. The van der Waals surface area contributed by atoms with Crippen LogP contribution in [0.25, 0.3) is 0 Å². The van der Waals surface area contributed by atoms with Crippen LogP contribution >= 0.6 is 0 Å². The van der Waals surface area contributed by atoms with Crippen molar-refractivity contribution in [2.24, 2.45) is 0 Å². The lowest BCUT2D eigenvalue weighted by Gasteiger charge is -1.84. The van der Waals surface area contributed by atoms with Crippen LogP contribution in [-0.4, -0.2) is 38.7 Å². The summed E-state index contributed by atoms with van der Waals surface area (Å²) >= 11 is 0. The topological polar surface area (TPSA) is 115 Å². The van der Waals surface area contributed by atoms with Crippen molar-refractivity contribution in [2.45, 2.75) is 20.1 Å². The second-order valence-electron chi connectivity index (χ2n) is 1.69. The van der Waals surface area contributed by atoms with Crippen molar-refractivity contribution in [3.63, 3.8) is 0 Å². The molecule has 0 saturated carbocycles. The summed E-state index contributed by atoms with van der Waals surface area (Å²) in [5.41, 5.74) is 0. The maximum atomic E-state index is 9.00. The van der Waals surface area contributed by atoms with Gasteiger partial charge in [-0.1, -0.05) is 6.58 Å². The maximum absolute atomic E-state index is 9.00. The molecular formula is C7H14O6. The molecule has 0 atom stereocenters. The molecule has 0 amide bonds. The van der Waals surface area contributed by atoms with Crippen molar-refractivity contribution in [1.29, 1.82) is 0 Å². The Balaban J connectivity index is -0.000000117. The summed E-state index contributed by atoms with van der Waals surface area (Å²) in [7, 11) is 0. The van der Waals surface area contributed by atoms with E-state index in [9.17, 15) is 0 Å². The van der Waals surface area contributed by atoms with E-state index in [1.165, 1.54) is 0 Å². The van der Waals surface area contributed by atoms with Gasteiger partial charge >= 0.3 is 0 Å². The molecule has 0 fully saturated rings. The average molecular weight is 194 g/mol. The first kappa shape index (κ1) is 17.6. The van der Waals surface area contributed by atoms with Gasteiger partial charge in [0.05, 0.1) is 0 Å². The van der Waals surface area contributed by atoms with Gasteiger partial charge in [-0.05, 0) is 6.08 Å². The minimum atomic E-state index is -1.35. The zero-order valence-electron chi connectivity index (χ0n) is 7.47. The molecule has 4 N–H and O–H groups in total. The van der Waals surface area contributed by atoms with E-state index in [4.69, 9.17) is 30.0 Å². The molecule has 6 nitrogen and oxygen atoms in total. The van der Waals surface area contributed by atoms with Gasteiger partial charge in [-0.3, -0.25) is 9.59 Å². The summed E-state index contributed by atoms with van der Waals surface area (Å²) in [5.74, 6) is -1.67. The predicted molar refractivity (Wildman–Crippen MR) is 45.0 cm³/mol. The number of hydrogen-bond donors (Lipinski definition) is 4. The molecule has 0 heterocycles. The highest BCUT2D eigenvalue weighted by Gasteiger charge is 1.76. The molecule has 0 aliphatic rings. The van der Waals surface area contributed by atoms with Crippen LogP contribution < -0.4 is 0 Å². The Labute approximate surface area is 75.8 Å². The zero-order valence-corrected chi connectivity index (χ0v) is 7.47. The molecule has 13 heavy (non-hydrogen) atoms.